The van der Waals surface area contributed by atoms with Crippen molar-refractivity contribution in [2.45, 2.75) is 18.9 Å². The third-order valence-corrected chi connectivity index (χ3v) is 2.10. The summed E-state index contributed by atoms with van der Waals surface area (Å²) in [6, 6.07) is 9.79. The van der Waals surface area contributed by atoms with Gasteiger partial charge in [0.25, 0.3) is 0 Å². The molecule has 1 aromatic carbocycles. The van der Waals surface area contributed by atoms with Crippen molar-refractivity contribution < 1.29 is 14.6 Å². The molecule has 0 aliphatic carbocycles. The zero-order valence-electron chi connectivity index (χ0n) is 8.14. The van der Waals surface area contributed by atoms with Gasteiger partial charge in [0, 0.05) is 7.11 Å². The second kappa shape index (κ2) is 5.40. The third kappa shape index (κ3) is 3.18. The van der Waals surface area contributed by atoms with Crippen molar-refractivity contribution in [1.29, 1.82) is 0 Å². The summed E-state index contributed by atoms with van der Waals surface area (Å²) >= 11 is 0. The maximum absolute atomic E-state index is 10.6. The van der Waals surface area contributed by atoms with Crippen LogP contribution in [0.15, 0.2) is 30.3 Å². The van der Waals surface area contributed by atoms with E-state index < -0.39 is 12.1 Å². The molecule has 0 saturated carbocycles. The van der Waals surface area contributed by atoms with E-state index in [-0.39, 0.29) is 0 Å². The molecule has 3 heteroatoms. The Morgan fingerprint density at radius 3 is 2.57 bits per heavy atom. The Morgan fingerprint density at radius 1 is 1.43 bits per heavy atom. The molecular formula is C11H14O3. The van der Waals surface area contributed by atoms with Gasteiger partial charge in [-0.15, -0.1) is 0 Å². The van der Waals surface area contributed by atoms with Crippen molar-refractivity contribution >= 4 is 5.97 Å². The van der Waals surface area contributed by atoms with Gasteiger partial charge >= 0.3 is 5.97 Å². The zero-order valence-corrected chi connectivity index (χ0v) is 8.14. The highest BCUT2D eigenvalue weighted by molar-refractivity contribution is 5.72. The molecule has 1 N–H and O–H groups in total. The number of aliphatic carboxylic acids is 1. The molecular weight excluding hydrogens is 180 g/mol. The van der Waals surface area contributed by atoms with E-state index in [1.54, 1.807) is 0 Å². The van der Waals surface area contributed by atoms with Crippen LogP contribution in [-0.4, -0.2) is 24.3 Å². The molecule has 0 bridgehead atoms. The number of carbonyl (C=O) groups is 1. The van der Waals surface area contributed by atoms with Crippen LogP contribution in [0.2, 0.25) is 0 Å². The maximum atomic E-state index is 10.6. The number of methoxy groups -OCH3 is 1. The number of hydrogen-bond acceptors (Lipinski definition) is 2. The monoisotopic (exact) mass is 194 g/mol. The van der Waals surface area contributed by atoms with Gasteiger partial charge in [-0.25, -0.2) is 4.79 Å². The number of benzene rings is 1. The second-order valence-corrected chi connectivity index (χ2v) is 3.09. The van der Waals surface area contributed by atoms with Crippen LogP contribution in [0.3, 0.4) is 0 Å². The molecule has 14 heavy (non-hydrogen) atoms. The highest BCUT2D eigenvalue weighted by Crippen LogP contribution is 2.06. The molecule has 0 unspecified atom stereocenters. The molecule has 0 heterocycles. The van der Waals surface area contributed by atoms with Gasteiger partial charge in [0.05, 0.1) is 0 Å². The van der Waals surface area contributed by atoms with E-state index >= 15 is 0 Å². The van der Waals surface area contributed by atoms with Crippen LogP contribution in [0.5, 0.6) is 0 Å². The summed E-state index contributed by atoms with van der Waals surface area (Å²) in [5, 5.41) is 8.73. The van der Waals surface area contributed by atoms with Crippen molar-refractivity contribution in [3.63, 3.8) is 0 Å². The van der Waals surface area contributed by atoms with Gasteiger partial charge in [-0.1, -0.05) is 30.3 Å². The highest BCUT2D eigenvalue weighted by atomic mass is 16.5. The molecule has 0 saturated heterocycles. The molecule has 0 radical (unpaired) electrons. The van der Waals surface area contributed by atoms with Crippen LogP contribution in [0, 0.1) is 0 Å². The van der Waals surface area contributed by atoms with E-state index in [9.17, 15) is 4.79 Å². The standard InChI is InChI=1S/C11H14O3/c1-14-10(11(12)13)8-7-9-5-3-2-4-6-9/h2-6,10H,7-8H2,1H3,(H,12,13)/t10-/m1/s1. The lowest BCUT2D eigenvalue weighted by atomic mass is 10.1. The smallest absolute Gasteiger partial charge is 0.332 e. The average Bonchev–Trinajstić information content (AvgIpc) is 2.20. The number of rotatable bonds is 5. The van der Waals surface area contributed by atoms with Crippen LogP contribution in [0.4, 0.5) is 0 Å². The molecule has 0 aromatic heterocycles. The summed E-state index contributed by atoms with van der Waals surface area (Å²) in [6.07, 6.45) is 0.539. The Hall–Kier alpha value is -1.35. The zero-order chi connectivity index (χ0) is 10.4. The maximum Gasteiger partial charge on any atom is 0.332 e. The number of carboxylic acids is 1. The first-order valence-electron chi connectivity index (χ1n) is 4.53. The second-order valence-electron chi connectivity index (χ2n) is 3.09. The summed E-state index contributed by atoms with van der Waals surface area (Å²) in [7, 11) is 1.42. The first kappa shape index (κ1) is 10.7. The van der Waals surface area contributed by atoms with Gasteiger partial charge in [0.2, 0.25) is 0 Å². The summed E-state index contributed by atoms with van der Waals surface area (Å²) in [5.41, 5.74) is 1.14. The predicted molar refractivity (Wildman–Crippen MR) is 53.2 cm³/mol. The fourth-order valence-electron chi connectivity index (χ4n) is 1.28. The molecule has 1 atom stereocenters. The Labute approximate surface area is 83.3 Å². The first-order valence-corrected chi connectivity index (χ1v) is 4.53. The Bertz CT molecular complexity index is 282. The number of carboxylic acid groups (broad SMARTS) is 1. The van der Waals surface area contributed by atoms with E-state index in [4.69, 9.17) is 9.84 Å². The number of hydrogen-bond donors (Lipinski definition) is 1. The lowest BCUT2D eigenvalue weighted by Crippen LogP contribution is -2.22. The van der Waals surface area contributed by atoms with Crippen molar-refractivity contribution in [3.8, 4) is 0 Å². The van der Waals surface area contributed by atoms with Crippen LogP contribution < -0.4 is 0 Å². The largest absolute Gasteiger partial charge is 0.479 e. The third-order valence-electron chi connectivity index (χ3n) is 2.10. The van der Waals surface area contributed by atoms with Crippen LogP contribution in [0.1, 0.15) is 12.0 Å². The van der Waals surface area contributed by atoms with E-state index in [0.717, 1.165) is 12.0 Å². The lowest BCUT2D eigenvalue weighted by molar-refractivity contribution is -0.148. The van der Waals surface area contributed by atoms with Crippen LogP contribution >= 0.6 is 0 Å². The minimum Gasteiger partial charge on any atom is -0.479 e. The van der Waals surface area contributed by atoms with Crippen molar-refractivity contribution in [2.75, 3.05) is 7.11 Å². The fraction of sp³-hybridized carbons (Fsp3) is 0.364. The predicted octanol–water partition coefficient (Wildman–Crippen LogP) is 1.72. The van der Waals surface area contributed by atoms with Crippen molar-refractivity contribution in [3.05, 3.63) is 35.9 Å². The summed E-state index contributed by atoms with van der Waals surface area (Å²) in [4.78, 5) is 10.6. The van der Waals surface area contributed by atoms with Gasteiger partial charge in [0.15, 0.2) is 6.10 Å². The minimum absolute atomic E-state index is 0.510. The quantitative estimate of drug-likeness (QED) is 0.776. The summed E-state index contributed by atoms with van der Waals surface area (Å²) in [6.45, 7) is 0. The van der Waals surface area contributed by atoms with Crippen molar-refractivity contribution in [1.82, 2.24) is 0 Å². The molecule has 0 fully saturated rings. The summed E-state index contributed by atoms with van der Waals surface area (Å²) in [5.74, 6) is -0.900. The molecule has 3 nitrogen and oxygen atoms in total. The van der Waals surface area contributed by atoms with Gasteiger partial charge in [0.1, 0.15) is 0 Å². The van der Waals surface area contributed by atoms with E-state index in [1.165, 1.54) is 7.11 Å². The lowest BCUT2D eigenvalue weighted by Gasteiger charge is -2.09. The van der Waals surface area contributed by atoms with E-state index in [2.05, 4.69) is 0 Å². The van der Waals surface area contributed by atoms with Gasteiger partial charge in [-0.05, 0) is 18.4 Å². The Morgan fingerprint density at radius 2 is 2.07 bits per heavy atom. The SMILES string of the molecule is CO[C@H](CCc1ccccc1)C(=O)O. The molecule has 1 rings (SSSR count). The van der Waals surface area contributed by atoms with Crippen LogP contribution in [0.25, 0.3) is 0 Å². The van der Waals surface area contributed by atoms with E-state index in [1.807, 2.05) is 30.3 Å². The first-order chi connectivity index (χ1) is 6.74. The summed E-state index contributed by atoms with van der Waals surface area (Å²) < 4.78 is 4.83. The molecule has 0 aliphatic heterocycles. The molecule has 0 amide bonds. The molecule has 0 spiro atoms. The van der Waals surface area contributed by atoms with Crippen LogP contribution in [-0.2, 0) is 16.0 Å². The fourth-order valence-corrected chi connectivity index (χ4v) is 1.28. The number of ether oxygens (including phenoxy) is 1. The number of aryl methyl sites for hydroxylation is 1. The molecule has 76 valence electrons. The molecule has 1 aromatic rings. The van der Waals surface area contributed by atoms with Gasteiger partial charge in [-0.2, -0.15) is 0 Å². The van der Waals surface area contributed by atoms with E-state index in [0.29, 0.717) is 6.42 Å². The van der Waals surface area contributed by atoms with Gasteiger partial charge in [-0.3, -0.25) is 0 Å². The molecule has 0 aliphatic rings. The average molecular weight is 194 g/mol. The minimum atomic E-state index is -0.900. The highest BCUT2D eigenvalue weighted by Gasteiger charge is 2.15. The normalized spacial score (nSPS) is 12.4. The topological polar surface area (TPSA) is 46.5 Å². The van der Waals surface area contributed by atoms with Crippen molar-refractivity contribution in [2.24, 2.45) is 0 Å². The Kier molecular flexibility index (Phi) is 4.13. The Balaban J connectivity index is 2.44. The van der Waals surface area contributed by atoms with Gasteiger partial charge < -0.3 is 9.84 Å².